The number of ether oxygens (including phenoxy) is 1. The van der Waals surface area contributed by atoms with Crippen molar-refractivity contribution in [2.45, 2.75) is 0 Å². The second kappa shape index (κ2) is 6.72. The first-order valence-electron chi connectivity index (χ1n) is 7.01. The van der Waals surface area contributed by atoms with E-state index in [2.05, 4.69) is 15.0 Å². The molecular formula is C17H10FN5O2. The number of pyridine rings is 1. The van der Waals surface area contributed by atoms with E-state index in [4.69, 9.17) is 10.5 Å². The number of nitrogens with two attached hydrogens (primary N) is 1. The molecule has 0 bridgehead atoms. The van der Waals surface area contributed by atoms with Gasteiger partial charge in [-0.05, 0) is 24.3 Å². The lowest BCUT2D eigenvalue weighted by Gasteiger charge is -2.12. The van der Waals surface area contributed by atoms with Gasteiger partial charge in [-0.2, -0.15) is 5.26 Å². The van der Waals surface area contributed by atoms with Crippen molar-refractivity contribution in [3.63, 3.8) is 0 Å². The van der Waals surface area contributed by atoms with Gasteiger partial charge in [0.25, 0.3) is 0 Å². The van der Waals surface area contributed by atoms with Crippen LogP contribution < -0.4 is 10.5 Å². The topological polar surface area (TPSA) is 115 Å². The summed E-state index contributed by atoms with van der Waals surface area (Å²) in [4.78, 5) is 23.4. The van der Waals surface area contributed by atoms with Gasteiger partial charge in [-0.25, -0.2) is 14.4 Å². The first-order chi connectivity index (χ1) is 12.1. The first kappa shape index (κ1) is 16.0. The summed E-state index contributed by atoms with van der Waals surface area (Å²) in [6, 6.07) is 7.34. The Morgan fingerprint density at radius 2 is 1.92 bits per heavy atom. The monoisotopic (exact) mass is 335 g/mol. The molecule has 0 saturated carbocycles. The van der Waals surface area contributed by atoms with Crippen molar-refractivity contribution >= 4 is 5.91 Å². The number of carbonyl (C=O) groups excluding carboxylic acids is 1. The van der Waals surface area contributed by atoms with Gasteiger partial charge in [0.2, 0.25) is 5.91 Å². The maximum Gasteiger partial charge on any atom is 0.249 e. The average molecular weight is 335 g/mol. The van der Waals surface area contributed by atoms with E-state index in [-0.39, 0.29) is 28.1 Å². The maximum atomic E-state index is 13.1. The number of halogens is 1. The van der Waals surface area contributed by atoms with Crippen LogP contribution in [0.2, 0.25) is 0 Å². The first-order valence-corrected chi connectivity index (χ1v) is 7.01. The zero-order valence-corrected chi connectivity index (χ0v) is 12.7. The summed E-state index contributed by atoms with van der Waals surface area (Å²) in [5, 5.41) is 9.45. The lowest BCUT2D eigenvalue weighted by atomic mass is 9.97. The molecule has 0 unspecified atom stereocenters. The number of benzene rings is 1. The van der Waals surface area contributed by atoms with E-state index in [1.54, 1.807) is 0 Å². The number of amides is 1. The molecule has 3 rings (SSSR count). The molecule has 3 aromatic rings. The Labute approximate surface area is 141 Å². The van der Waals surface area contributed by atoms with Gasteiger partial charge in [-0.15, -0.1) is 0 Å². The summed E-state index contributed by atoms with van der Waals surface area (Å²) in [6.07, 6.45) is 5.19. The lowest BCUT2D eigenvalue weighted by molar-refractivity contribution is 0.100. The minimum Gasteiger partial charge on any atom is -0.454 e. The van der Waals surface area contributed by atoms with Crippen molar-refractivity contribution in [2.24, 2.45) is 5.73 Å². The molecule has 0 atom stereocenters. The highest BCUT2D eigenvalue weighted by molar-refractivity contribution is 6.01. The predicted octanol–water partition coefficient (Wildman–Crippen LogP) is 2.44. The van der Waals surface area contributed by atoms with Crippen LogP contribution in [0.3, 0.4) is 0 Å². The third-order valence-electron chi connectivity index (χ3n) is 3.25. The minimum absolute atomic E-state index is 0.0324. The molecule has 1 amide bonds. The van der Waals surface area contributed by atoms with E-state index >= 15 is 0 Å². The van der Waals surface area contributed by atoms with Crippen molar-refractivity contribution in [3.05, 3.63) is 66.1 Å². The minimum atomic E-state index is -0.771. The van der Waals surface area contributed by atoms with E-state index in [1.807, 2.05) is 6.07 Å². The summed E-state index contributed by atoms with van der Waals surface area (Å²) in [7, 11) is 0. The zero-order chi connectivity index (χ0) is 17.8. The second-order valence-electron chi connectivity index (χ2n) is 4.91. The van der Waals surface area contributed by atoms with Crippen LogP contribution in [0.4, 0.5) is 4.39 Å². The highest BCUT2D eigenvalue weighted by Crippen LogP contribution is 2.32. The number of carbonyl (C=O) groups is 1. The number of hydrogen-bond donors (Lipinski definition) is 1. The van der Waals surface area contributed by atoms with Crippen LogP contribution in [0.5, 0.6) is 11.5 Å². The van der Waals surface area contributed by atoms with Crippen molar-refractivity contribution < 1.29 is 13.9 Å². The number of aromatic nitrogens is 3. The van der Waals surface area contributed by atoms with Crippen LogP contribution in [0.1, 0.15) is 15.9 Å². The quantitative estimate of drug-likeness (QED) is 0.783. The molecule has 7 nitrogen and oxygen atoms in total. The summed E-state index contributed by atoms with van der Waals surface area (Å²) in [6.45, 7) is 0. The molecule has 25 heavy (non-hydrogen) atoms. The van der Waals surface area contributed by atoms with Gasteiger partial charge in [-0.3, -0.25) is 9.78 Å². The SMILES string of the molecule is N#Cc1cc(Oc2cncnc2)cc(C(N)=O)c1-c1ccc(F)cn1. The molecule has 2 heterocycles. The molecular weight excluding hydrogens is 325 g/mol. The van der Waals surface area contributed by atoms with Crippen molar-refractivity contribution in [2.75, 3.05) is 0 Å². The molecule has 0 aliphatic carbocycles. The Kier molecular flexibility index (Phi) is 4.30. The standard InChI is InChI=1S/C17H10FN5O2/c18-11-1-2-15(23-6-11)16-10(5-19)3-12(4-14(16)17(20)24)25-13-7-21-9-22-8-13/h1-4,6-9H,(H2,20,24). The molecule has 122 valence electrons. The largest absolute Gasteiger partial charge is 0.454 e. The second-order valence-corrected chi connectivity index (χ2v) is 4.91. The summed E-state index contributed by atoms with van der Waals surface area (Å²) >= 11 is 0. The van der Waals surface area contributed by atoms with Crippen molar-refractivity contribution in [1.82, 2.24) is 15.0 Å². The Morgan fingerprint density at radius 3 is 2.52 bits per heavy atom. The molecule has 1 aromatic carbocycles. The Morgan fingerprint density at radius 1 is 1.16 bits per heavy atom. The molecule has 0 radical (unpaired) electrons. The van der Waals surface area contributed by atoms with Crippen LogP contribution in [0, 0.1) is 17.1 Å². The highest BCUT2D eigenvalue weighted by atomic mass is 19.1. The molecule has 0 aliphatic heterocycles. The highest BCUT2D eigenvalue weighted by Gasteiger charge is 2.19. The van der Waals surface area contributed by atoms with Crippen LogP contribution in [0.15, 0.2) is 49.2 Å². The van der Waals surface area contributed by atoms with E-state index in [9.17, 15) is 14.4 Å². The predicted molar refractivity (Wildman–Crippen MR) is 85.0 cm³/mol. The van der Waals surface area contributed by atoms with Crippen LogP contribution in [-0.4, -0.2) is 20.9 Å². The Bertz CT molecular complexity index is 969. The van der Waals surface area contributed by atoms with Gasteiger partial charge in [0, 0.05) is 5.56 Å². The van der Waals surface area contributed by atoms with Gasteiger partial charge < -0.3 is 10.5 Å². The van der Waals surface area contributed by atoms with E-state index in [0.29, 0.717) is 5.75 Å². The Hall–Kier alpha value is -3.86. The summed E-state index contributed by atoms with van der Waals surface area (Å²) in [5.41, 5.74) is 6.05. The van der Waals surface area contributed by atoms with E-state index in [1.165, 1.54) is 43.0 Å². The molecule has 0 spiro atoms. The number of hydrogen-bond acceptors (Lipinski definition) is 6. The summed E-state index contributed by atoms with van der Waals surface area (Å²) in [5.74, 6) is -0.764. The van der Waals surface area contributed by atoms with Crippen LogP contribution >= 0.6 is 0 Å². The molecule has 2 aromatic heterocycles. The fourth-order valence-electron chi connectivity index (χ4n) is 2.23. The maximum absolute atomic E-state index is 13.1. The van der Waals surface area contributed by atoms with Gasteiger partial charge >= 0.3 is 0 Å². The molecule has 0 saturated heterocycles. The summed E-state index contributed by atoms with van der Waals surface area (Å²) < 4.78 is 18.7. The van der Waals surface area contributed by atoms with Gasteiger partial charge in [0.1, 0.15) is 17.9 Å². The lowest BCUT2D eigenvalue weighted by Crippen LogP contribution is -2.14. The smallest absolute Gasteiger partial charge is 0.249 e. The third-order valence-corrected chi connectivity index (χ3v) is 3.25. The molecule has 0 aliphatic rings. The third kappa shape index (κ3) is 3.40. The average Bonchev–Trinajstić information content (AvgIpc) is 2.62. The number of rotatable bonds is 4. The number of nitrogens with zero attached hydrogens (tertiary/aromatic N) is 4. The van der Waals surface area contributed by atoms with Crippen molar-refractivity contribution in [1.29, 1.82) is 5.26 Å². The Balaban J connectivity index is 2.14. The van der Waals surface area contributed by atoms with Crippen LogP contribution in [0.25, 0.3) is 11.3 Å². The van der Waals surface area contributed by atoms with Gasteiger partial charge in [-0.1, -0.05) is 0 Å². The van der Waals surface area contributed by atoms with E-state index < -0.39 is 11.7 Å². The fraction of sp³-hybridized carbons (Fsp3) is 0. The molecule has 0 fully saturated rings. The van der Waals surface area contributed by atoms with E-state index in [0.717, 1.165) is 6.20 Å². The zero-order valence-electron chi connectivity index (χ0n) is 12.7. The van der Waals surface area contributed by atoms with Crippen molar-refractivity contribution in [3.8, 4) is 28.8 Å². The van der Waals surface area contributed by atoms with Gasteiger partial charge in [0.05, 0.1) is 41.5 Å². The number of nitriles is 1. The fourth-order valence-corrected chi connectivity index (χ4v) is 2.23. The van der Waals surface area contributed by atoms with Crippen LogP contribution in [-0.2, 0) is 0 Å². The molecule has 2 N–H and O–H groups in total. The van der Waals surface area contributed by atoms with Gasteiger partial charge in [0.15, 0.2) is 5.75 Å². The molecule has 8 heteroatoms. The normalized spacial score (nSPS) is 10.1. The number of primary amides is 1.